The van der Waals surface area contributed by atoms with Crippen molar-refractivity contribution in [2.75, 3.05) is 13.1 Å². The van der Waals surface area contributed by atoms with E-state index in [0.29, 0.717) is 23.0 Å². The molecule has 0 amide bonds. The van der Waals surface area contributed by atoms with E-state index in [9.17, 15) is 0 Å². The monoisotopic (exact) mass is 305 g/mol. The highest BCUT2D eigenvalue weighted by molar-refractivity contribution is 6.30. The molecular formula is C16H20ClN3O. The zero-order valence-corrected chi connectivity index (χ0v) is 13.1. The molecule has 4 nitrogen and oxygen atoms in total. The van der Waals surface area contributed by atoms with Crippen molar-refractivity contribution in [1.82, 2.24) is 15.2 Å². The van der Waals surface area contributed by atoms with Crippen LogP contribution in [0.3, 0.4) is 0 Å². The van der Waals surface area contributed by atoms with E-state index in [1.807, 2.05) is 24.3 Å². The molecule has 2 heterocycles. The molecule has 0 aliphatic carbocycles. The molecule has 1 aliphatic rings. The van der Waals surface area contributed by atoms with E-state index in [-0.39, 0.29) is 0 Å². The van der Waals surface area contributed by atoms with Crippen molar-refractivity contribution in [1.29, 1.82) is 0 Å². The van der Waals surface area contributed by atoms with Crippen molar-refractivity contribution in [3.05, 3.63) is 41.2 Å². The normalized spacial score (nSPS) is 23.4. The van der Waals surface area contributed by atoms with Crippen molar-refractivity contribution in [3.63, 3.8) is 0 Å². The van der Waals surface area contributed by atoms with Gasteiger partial charge in [-0.3, -0.25) is 4.90 Å². The van der Waals surface area contributed by atoms with Gasteiger partial charge in [0, 0.05) is 42.3 Å². The van der Waals surface area contributed by atoms with Gasteiger partial charge in [-0.1, -0.05) is 17.7 Å². The SMILES string of the molecule is CC1CNCC(C)N1Cc1coc(-c2cccc(Cl)c2)n1. The van der Waals surface area contributed by atoms with Crippen molar-refractivity contribution < 1.29 is 4.42 Å². The fraction of sp³-hybridized carbons (Fsp3) is 0.438. The Balaban J connectivity index is 1.76. The summed E-state index contributed by atoms with van der Waals surface area (Å²) in [6.07, 6.45) is 1.75. The molecule has 5 heteroatoms. The first kappa shape index (κ1) is 14.6. The van der Waals surface area contributed by atoms with E-state index in [1.54, 1.807) is 6.26 Å². The zero-order valence-electron chi connectivity index (χ0n) is 12.3. The van der Waals surface area contributed by atoms with Crippen LogP contribution < -0.4 is 5.32 Å². The lowest BCUT2D eigenvalue weighted by Crippen LogP contribution is -2.54. The Morgan fingerprint density at radius 1 is 1.33 bits per heavy atom. The van der Waals surface area contributed by atoms with Crippen LogP contribution >= 0.6 is 11.6 Å². The van der Waals surface area contributed by atoms with Crippen LogP contribution in [0, 0.1) is 0 Å². The highest BCUT2D eigenvalue weighted by Crippen LogP contribution is 2.23. The van der Waals surface area contributed by atoms with E-state index in [1.165, 1.54) is 0 Å². The van der Waals surface area contributed by atoms with E-state index in [2.05, 4.69) is 29.0 Å². The van der Waals surface area contributed by atoms with Crippen LogP contribution in [0.25, 0.3) is 11.5 Å². The number of halogens is 1. The van der Waals surface area contributed by atoms with Gasteiger partial charge in [0.15, 0.2) is 0 Å². The molecule has 0 saturated carbocycles. The third-order valence-electron chi connectivity index (χ3n) is 3.98. The van der Waals surface area contributed by atoms with Crippen LogP contribution in [-0.4, -0.2) is 35.1 Å². The van der Waals surface area contributed by atoms with Gasteiger partial charge in [0.2, 0.25) is 5.89 Å². The maximum absolute atomic E-state index is 6.01. The lowest BCUT2D eigenvalue weighted by atomic mass is 10.1. The molecule has 112 valence electrons. The largest absolute Gasteiger partial charge is 0.444 e. The predicted octanol–water partition coefficient (Wildman–Crippen LogP) is 3.18. The maximum Gasteiger partial charge on any atom is 0.226 e. The zero-order chi connectivity index (χ0) is 14.8. The Morgan fingerprint density at radius 2 is 2.10 bits per heavy atom. The summed E-state index contributed by atoms with van der Waals surface area (Å²) < 4.78 is 5.61. The number of nitrogens with zero attached hydrogens (tertiary/aromatic N) is 2. The molecule has 0 bridgehead atoms. The average Bonchev–Trinajstić information content (AvgIpc) is 2.92. The Labute approximate surface area is 130 Å². The van der Waals surface area contributed by atoms with Gasteiger partial charge >= 0.3 is 0 Å². The topological polar surface area (TPSA) is 41.3 Å². The number of oxazole rings is 1. The van der Waals surface area contributed by atoms with Gasteiger partial charge in [-0.25, -0.2) is 4.98 Å². The first-order valence-electron chi connectivity index (χ1n) is 7.30. The lowest BCUT2D eigenvalue weighted by Gasteiger charge is -2.38. The second-order valence-corrected chi connectivity index (χ2v) is 6.12. The number of nitrogens with one attached hydrogen (secondary N) is 1. The summed E-state index contributed by atoms with van der Waals surface area (Å²) in [7, 11) is 0. The van der Waals surface area contributed by atoms with E-state index in [0.717, 1.165) is 30.9 Å². The van der Waals surface area contributed by atoms with E-state index >= 15 is 0 Å². The smallest absolute Gasteiger partial charge is 0.226 e. The third kappa shape index (κ3) is 3.28. The van der Waals surface area contributed by atoms with Gasteiger partial charge in [-0.2, -0.15) is 0 Å². The van der Waals surface area contributed by atoms with Crippen LogP contribution in [0.2, 0.25) is 5.02 Å². The molecule has 2 unspecified atom stereocenters. The minimum atomic E-state index is 0.500. The molecule has 1 aromatic carbocycles. The van der Waals surface area contributed by atoms with E-state index in [4.69, 9.17) is 16.0 Å². The third-order valence-corrected chi connectivity index (χ3v) is 4.21. The summed E-state index contributed by atoms with van der Waals surface area (Å²) in [6.45, 7) is 7.32. The van der Waals surface area contributed by atoms with Crippen LogP contribution in [0.5, 0.6) is 0 Å². The molecule has 1 N–H and O–H groups in total. The maximum atomic E-state index is 6.01. The number of hydrogen-bond donors (Lipinski definition) is 1. The summed E-state index contributed by atoms with van der Waals surface area (Å²) in [5.74, 6) is 0.628. The van der Waals surface area contributed by atoms with Crippen molar-refractivity contribution in [2.45, 2.75) is 32.5 Å². The predicted molar refractivity (Wildman–Crippen MR) is 84.3 cm³/mol. The highest BCUT2D eigenvalue weighted by atomic mass is 35.5. The standard InChI is InChI=1S/C16H20ClN3O/c1-11-7-18-8-12(2)20(11)9-15-10-21-16(19-15)13-4-3-5-14(17)6-13/h3-6,10-12,18H,7-9H2,1-2H3. The number of piperazine rings is 1. The van der Waals surface area contributed by atoms with Crippen LogP contribution in [0.15, 0.2) is 34.9 Å². The fourth-order valence-corrected chi connectivity index (χ4v) is 2.99. The van der Waals surface area contributed by atoms with Crippen LogP contribution in [0.1, 0.15) is 19.5 Å². The lowest BCUT2D eigenvalue weighted by molar-refractivity contribution is 0.107. The molecule has 2 aromatic rings. The van der Waals surface area contributed by atoms with Crippen molar-refractivity contribution in [2.24, 2.45) is 0 Å². The average molecular weight is 306 g/mol. The molecule has 1 fully saturated rings. The van der Waals surface area contributed by atoms with Gasteiger partial charge in [0.25, 0.3) is 0 Å². The number of hydrogen-bond acceptors (Lipinski definition) is 4. The van der Waals surface area contributed by atoms with E-state index < -0.39 is 0 Å². The van der Waals surface area contributed by atoms with Crippen molar-refractivity contribution in [3.8, 4) is 11.5 Å². The van der Waals surface area contributed by atoms with Gasteiger partial charge in [-0.05, 0) is 32.0 Å². The molecule has 1 aromatic heterocycles. The quantitative estimate of drug-likeness (QED) is 0.945. The van der Waals surface area contributed by atoms with Gasteiger partial charge in [-0.15, -0.1) is 0 Å². The summed E-state index contributed by atoms with van der Waals surface area (Å²) >= 11 is 6.01. The molecule has 1 aliphatic heterocycles. The fourth-order valence-electron chi connectivity index (χ4n) is 2.80. The Morgan fingerprint density at radius 3 is 2.81 bits per heavy atom. The second-order valence-electron chi connectivity index (χ2n) is 5.68. The molecule has 0 radical (unpaired) electrons. The summed E-state index contributed by atoms with van der Waals surface area (Å²) in [4.78, 5) is 7.05. The Kier molecular flexibility index (Phi) is 4.29. The summed E-state index contributed by atoms with van der Waals surface area (Å²) in [5.41, 5.74) is 1.88. The first-order chi connectivity index (χ1) is 10.1. The molecule has 21 heavy (non-hydrogen) atoms. The van der Waals surface area contributed by atoms with Gasteiger partial charge in [0.05, 0.1) is 5.69 Å². The molecule has 2 atom stereocenters. The first-order valence-corrected chi connectivity index (χ1v) is 7.68. The number of aromatic nitrogens is 1. The molecular weight excluding hydrogens is 286 g/mol. The Hall–Kier alpha value is -1.36. The minimum absolute atomic E-state index is 0.500. The van der Waals surface area contributed by atoms with Gasteiger partial charge in [0.1, 0.15) is 6.26 Å². The highest BCUT2D eigenvalue weighted by Gasteiger charge is 2.25. The Bertz CT molecular complexity index is 603. The van der Waals surface area contributed by atoms with Crippen LogP contribution in [0.4, 0.5) is 0 Å². The number of rotatable bonds is 3. The second kappa shape index (κ2) is 6.18. The van der Waals surface area contributed by atoms with Gasteiger partial charge < -0.3 is 9.73 Å². The molecule has 0 spiro atoms. The van der Waals surface area contributed by atoms with Crippen molar-refractivity contribution >= 4 is 11.6 Å². The molecule has 3 rings (SSSR count). The summed E-state index contributed by atoms with van der Waals surface area (Å²) in [6, 6.07) is 8.58. The minimum Gasteiger partial charge on any atom is -0.444 e. The molecule has 1 saturated heterocycles. The number of benzene rings is 1. The summed E-state index contributed by atoms with van der Waals surface area (Å²) in [5, 5.41) is 4.13. The van der Waals surface area contributed by atoms with Crippen LogP contribution in [-0.2, 0) is 6.54 Å².